The van der Waals surface area contributed by atoms with Crippen LogP contribution in [0.4, 0.5) is 5.69 Å². The van der Waals surface area contributed by atoms with Crippen LogP contribution in [0.3, 0.4) is 0 Å². The van der Waals surface area contributed by atoms with E-state index in [9.17, 15) is 4.79 Å². The lowest BCUT2D eigenvalue weighted by Gasteiger charge is -2.05. The zero-order valence-electron chi connectivity index (χ0n) is 13.5. The second-order valence-corrected chi connectivity index (χ2v) is 5.58. The van der Waals surface area contributed by atoms with E-state index < -0.39 is 0 Å². The molecule has 0 saturated carbocycles. The Morgan fingerprint density at radius 3 is 2.58 bits per heavy atom. The second kappa shape index (κ2) is 7.42. The Bertz CT molecular complexity index is 864. The van der Waals surface area contributed by atoms with Crippen molar-refractivity contribution in [1.82, 2.24) is 5.43 Å². The predicted octanol–water partition coefficient (Wildman–Crippen LogP) is 3.71. The Balaban J connectivity index is 1.57. The lowest BCUT2D eigenvalue weighted by molar-refractivity contribution is -0.119. The summed E-state index contributed by atoms with van der Waals surface area (Å²) in [5.41, 5.74) is 5.61. The maximum atomic E-state index is 11.8. The van der Waals surface area contributed by atoms with E-state index in [1.54, 1.807) is 6.21 Å². The fourth-order valence-electron chi connectivity index (χ4n) is 2.43. The number of rotatable bonds is 5. The molecule has 3 aromatic carbocycles. The van der Waals surface area contributed by atoms with Gasteiger partial charge in [-0.2, -0.15) is 5.10 Å². The molecule has 0 unspecified atom stereocenters. The van der Waals surface area contributed by atoms with Crippen molar-refractivity contribution in [2.45, 2.75) is 6.92 Å². The van der Waals surface area contributed by atoms with E-state index in [1.807, 2.05) is 61.5 Å². The third-order valence-corrected chi connectivity index (χ3v) is 3.72. The summed E-state index contributed by atoms with van der Waals surface area (Å²) >= 11 is 0. The molecule has 0 bridgehead atoms. The average Bonchev–Trinajstić information content (AvgIpc) is 2.61. The summed E-state index contributed by atoms with van der Waals surface area (Å²) in [7, 11) is 0. The lowest BCUT2D eigenvalue weighted by Crippen LogP contribution is -2.25. The Morgan fingerprint density at radius 1 is 1.00 bits per heavy atom. The van der Waals surface area contributed by atoms with E-state index in [1.165, 1.54) is 5.56 Å². The molecule has 0 aliphatic heterocycles. The SMILES string of the molecule is Cc1ccc(NCC(=O)NN=Cc2cccc3ccccc23)cc1. The van der Waals surface area contributed by atoms with Crippen molar-refractivity contribution in [1.29, 1.82) is 0 Å². The van der Waals surface area contributed by atoms with E-state index >= 15 is 0 Å². The van der Waals surface area contributed by atoms with Crippen LogP contribution < -0.4 is 10.7 Å². The minimum absolute atomic E-state index is 0.177. The van der Waals surface area contributed by atoms with Crippen LogP contribution in [0.15, 0.2) is 71.8 Å². The molecular weight excluding hydrogens is 298 g/mol. The highest BCUT2D eigenvalue weighted by atomic mass is 16.2. The first-order valence-corrected chi connectivity index (χ1v) is 7.82. The van der Waals surface area contributed by atoms with Gasteiger partial charge in [-0.1, -0.05) is 60.2 Å². The number of benzene rings is 3. The lowest BCUT2D eigenvalue weighted by atomic mass is 10.1. The summed E-state index contributed by atoms with van der Waals surface area (Å²) in [6.45, 7) is 2.20. The van der Waals surface area contributed by atoms with Crippen LogP contribution in [0.2, 0.25) is 0 Å². The van der Waals surface area contributed by atoms with E-state index in [0.29, 0.717) is 0 Å². The fourth-order valence-corrected chi connectivity index (χ4v) is 2.43. The average molecular weight is 317 g/mol. The molecule has 0 radical (unpaired) electrons. The molecule has 0 fully saturated rings. The summed E-state index contributed by atoms with van der Waals surface area (Å²) in [5.74, 6) is -0.188. The number of hydrazone groups is 1. The van der Waals surface area contributed by atoms with E-state index in [0.717, 1.165) is 22.0 Å². The van der Waals surface area contributed by atoms with Crippen molar-refractivity contribution in [3.63, 3.8) is 0 Å². The van der Waals surface area contributed by atoms with Crippen LogP contribution >= 0.6 is 0 Å². The highest BCUT2D eigenvalue weighted by Gasteiger charge is 2.00. The van der Waals surface area contributed by atoms with Crippen LogP contribution in [-0.4, -0.2) is 18.7 Å². The zero-order chi connectivity index (χ0) is 16.8. The Morgan fingerprint density at radius 2 is 1.75 bits per heavy atom. The zero-order valence-corrected chi connectivity index (χ0v) is 13.5. The van der Waals surface area contributed by atoms with Gasteiger partial charge >= 0.3 is 0 Å². The molecule has 1 amide bonds. The molecule has 4 nitrogen and oxygen atoms in total. The molecule has 3 rings (SSSR count). The molecule has 2 N–H and O–H groups in total. The van der Waals surface area contributed by atoms with Gasteiger partial charge in [0.1, 0.15) is 0 Å². The largest absolute Gasteiger partial charge is 0.376 e. The molecule has 24 heavy (non-hydrogen) atoms. The molecule has 0 atom stereocenters. The number of hydrogen-bond donors (Lipinski definition) is 2. The van der Waals surface area contributed by atoms with Gasteiger partial charge in [-0.05, 0) is 29.8 Å². The normalized spacial score (nSPS) is 10.9. The first-order valence-electron chi connectivity index (χ1n) is 7.82. The number of hydrogen-bond acceptors (Lipinski definition) is 3. The van der Waals surface area contributed by atoms with E-state index in [-0.39, 0.29) is 12.5 Å². The molecule has 0 heterocycles. The van der Waals surface area contributed by atoms with Gasteiger partial charge in [0.25, 0.3) is 5.91 Å². The third-order valence-electron chi connectivity index (χ3n) is 3.72. The Hall–Kier alpha value is -3.14. The van der Waals surface area contributed by atoms with Gasteiger partial charge in [0.15, 0.2) is 0 Å². The highest BCUT2D eigenvalue weighted by molar-refractivity contribution is 6.00. The fraction of sp³-hybridized carbons (Fsp3) is 0.100. The van der Waals surface area contributed by atoms with Gasteiger partial charge in [-0.25, -0.2) is 5.43 Å². The van der Waals surface area contributed by atoms with Gasteiger partial charge in [0.05, 0.1) is 12.8 Å². The maximum absolute atomic E-state index is 11.8. The summed E-state index contributed by atoms with van der Waals surface area (Å²) < 4.78 is 0. The van der Waals surface area contributed by atoms with E-state index in [2.05, 4.69) is 28.0 Å². The number of carbonyl (C=O) groups is 1. The van der Waals surface area contributed by atoms with Gasteiger partial charge in [-0.15, -0.1) is 0 Å². The number of amides is 1. The van der Waals surface area contributed by atoms with Crippen molar-refractivity contribution in [2.24, 2.45) is 5.10 Å². The van der Waals surface area contributed by atoms with Crippen molar-refractivity contribution in [3.05, 3.63) is 77.9 Å². The Kier molecular flexibility index (Phi) is 4.87. The number of carbonyl (C=O) groups excluding carboxylic acids is 1. The van der Waals surface area contributed by atoms with Gasteiger partial charge in [0, 0.05) is 11.3 Å². The molecule has 4 heteroatoms. The standard InChI is InChI=1S/C20H19N3O/c1-15-9-11-18(12-10-15)21-14-20(24)23-22-13-17-7-4-6-16-5-2-3-8-19(16)17/h2-13,21H,14H2,1H3,(H,23,24). The first-order chi connectivity index (χ1) is 11.7. The quantitative estimate of drug-likeness (QED) is 0.557. The predicted molar refractivity (Wildman–Crippen MR) is 99.4 cm³/mol. The van der Waals surface area contributed by atoms with E-state index in [4.69, 9.17) is 0 Å². The Labute approximate surface area is 141 Å². The molecule has 0 aliphatic rings. The molecule has 0 saturated heterocycles. The first kappa shape index (κ1) is 15.7. The molecule has 0 spiro atoms. The van der Waals surface area contributed by atoms with Gasteiger partial charge in [0.2, 0.25) is 0 Å². The third kappa shape index (κ3) is 3.98. The van der Waals surface area contributed by atoms with Crippen molar-refractivity contribution < 1.29 is 4.79 Å². The van der Waals surface area contributed by atoms with Crippen LogP contribution in [-0.2, 0) is 4.79 Å². The number of nitrogens with zero attached hydrogens (tertiary/aromatic N) is 1. The van der Waals surface area contributed by atoms with Gasteiger partial charge < -0.3 is 5.32 Å². The number of fused-ring (bicyclic) bond motifs is 1. The summed E-state index contributed by atoms with van der Waals surface area (Å²) in [5, 5.41) is 9.37. The van der Waals surface area contributed by atoms with Crippen molar-refractivity contribution in [3.8, 4) is 0 Å². The van der Waals surface area contributed by atoms with Crippen LogP contribution in [0.5, 0.6) is 0 Å². The van der Waals surface area contributed by atoms with Crippen LogP contribution in [0, 0.1) is 6.92 Å². The van der Waals surface area contributed by atoms with Crippen molar-refractivity contribution >= 4 is 28.6 Å². The monoisotopic (exact) mass is 317 g/mol. The number of aryl methyl sites for hydroxylation is 1. The van der Waals surface area contributed by atoms with Gasteiger partial charge in [-0.3, -0.25) is 4.79 Å². The number of nitrogens with one attached hydrogen (secondary N) is 2. The maximum Gasteiger partial charge on any atom is 0.259 e. The minimum atomic E-state index is -0.188. The highest BCUT2D eigenvalue weighted by Crippen LogP contribution is 2.16. The smallest absolute Gasteiger partial charge is 0.259 e. The molecule has 0 aliphatic carbocycles. The minimum Gasteiger partial charge on any atom is -0.376 e. The van der Waals surface area contributed by atoms with Crippen LogP contribution in [0.1, 0.15) is 11.1 Å². The second-order valence-electron chi connectivity index (χ2n) is 5.58. The summed E-state index contributed by atoms with van der Waals surface area (Å²) in [6.07, 6.45) is 1.67. The summed E-state index contributed by atoms with van der Waals surface area (Å²) in [4.78, 5) is 11.8. The number of anilines is 1. The topological polar surface area (TPSA) is 53.5 Å². The molecule has 0 aromatic heterocycles. The van der Waals surface area contributed by atoms with Crippen molar-refractivity contribution in [2.75, 3.05) is 11.9 Å². The molecular formula is C20H19N3O. The van der Waals surface area contributed by atoms with Crippen LogP contribution in [0.25, 0.3) is 10.8 Å². The molecule has 3 aromatic rings. The molecule has 120 valence electrons. The summed E-state index contributed by atoms with van der Waals surface area (Å²) in [6, 6.07) is 22.0.